The van der Waals surface area contributed by atoms with Crippen LogP contribution in [0, 0.1) is 0 Å². The number of carboxylic acids is 1. The van der Waals surface area contributed by atoms with Crippen molar-refractivity contribution in [3.63, 3.8) is 0 Å². The number of amides is 2. The summed E-state index contributed by atoms with van der Waals surface area (Å²) in [6.07, 6.45) is 2.10. The highest BCUT2D eigenvalue weighted by Gasteiger charge is 2.54. The van der Waals surface area contributed by atoms with E-state index in [0.717, 1.165) is 42.1 Å². The number of anilines is 1. The molecule has 4 rings (SSSR count). The van der Waals surface area contributed by atoms with Crippen LogP contribution in [0.4, 0.5) is 5.13 Å². The molecule has 21 nitrogen and oxygen atoms in total. The second-order valence-electron chi connectivity index (χ2n) is 9.83. The molecule has 0 spiro atoms. The van der Waals surface area contributed by atoms with E-state index in [1.807, 2.05) is 0 Å². The van der Waals surface area contributed by atoms with E-state index < -0.39 is 69.2 Å². The van der Waals surface area contributed by atoms with E-state index in [9.17, 15) is 47.6 Å². The zero-order valence-electron chi connectivity index (χ0n) is 23.2. The quantitative estimate of drug-likeness (QED) is 0.0373. The number of rotatable bonds is 13. The Balaban J connectivity index is 1.49. The molecule has 1 aliphatic rings. The van der Waals surface area contributed by atoms with Crippen molar-refractivity contribution < 1.29 is 52.3 Å². The summed E-state index contributed by atoms with van der Waals surface area (Å²) in [6, 6.07) is -2.00. The monoisotopic (exact) mass is 671 g/mol. The fraction of sp³-hybridized carbons (Fsp3) is 0.364. The normalized spacial score (nSPS) is 17.2. The minimum atomic E-state index is -5.08. The lowest BCUT2D eigenvalue weighted by atomic mass is 9.98. The Labute approximate surface area is 255 Å². The molecule has 23 heteroatoms. The van der Waals surface area contributed by atoms with Gasteiger partial charge >= 0.3 is 16.3 Å². The summed E-state index contributed by atoms with van der Waals surface area (Å²) in [7, 11) is -5.08. The van der Waals surface area contributed by atoms with Gasteiger partial charge in [0.25, 0.3) is 11.8 Å². The third-order valence-electron chi connectivity index (χ3n) is 6.11. The summed E-state index contributed by atoms with van der Waals surface area (Å²) < 4.78 is 40.6. The number of thiazole rings is 1. The molecule has 0 aliphatic carbocycles. The molecule has 0 saturated carbocycles. The van der Waals surface area contributed by atoms with Crippen molar-refractivity contribution in [2.45, 2.75) is 51.3 Å². The number of carbonyl (C=O) groups is 3. The highest BCUT2D eigenvalue weighted by atomic mass is 32.2. The third kappa shape index (κ3) is 7.34. The van der Waals surface area contributed by atoms with E-state index >= 15 is 0 Å². The fourth-order valence-electron chi connectivity index (χ4n) is 3.76. The minimum absolute atomic E-state index is 0.0146. The summed E-state index contributed by atoms with van der Waals surface area (Å²) in [5.41, 5.74) is 2.53. The first-order chi connectivity index (χ1) is 21.0. The largest absolute Gasteiger partial charge is 0.503 e. The number of aromatic nitrogens is 5. The summed E-state index contributed by atoms with van der Waals surface area (Å²) >= 11 is 0.924. The number of hydrogen-bond donors (Lipinski definition) is 6. The van der Waals surface area contributed by atoms with Crippen molar-refractivity contribution in [3.05, 3.63) is 51.1 Å². The lowest BCUT2D eigenvalue weighted by Crippen LogP contribution is -2.73. The van der Waals surface area contributed by atoms with Gasteiger partial charge in [0.05, 0.1) is 43.9 Å². The molecular weight excluding hydrogens is 646 g/mol. The molecule has 3 aromatic rings. The van der Waals surface area contributed by atoms with Crippen molar-refractivity contribution in [1.82, 2.24) is 34.3 Å². The van der Waals surface area contributed by atoms with Crippen LogP contribution in [-0.2, 0) is 54.0 Å². The number of carboxylic acid groups (broad SMARTS) is 1. The molecule has 1 saturated heterocycles. The molecule has 1 fully saturated rings. The van der Waals surface area contributed by atoms with E-state index in [0.29, 0.717) is 4.73 Å². The summed E-state index contributed by atoms with van der Waals surface area (Å²) in [5, 5.41) is 43.3. The van der Waals surface area contributed by atoms with Gasteiger partial charge < -0.3 is 36.0 Å². The molecule has 0 bridgehead atoms. The maximum Gasteiger partial charge on any atom is 0.362 e. The van der Waals surface area contributed by atoms with Gasteiger partial charge in [0.15, 0.2) is 16.6 Å². The standard InChI is InChI=1S/C22H25N9O12S2/c1-22(2,20(36)37)43-27-16(12-9-44-21(23)24-12)18(34)25-17-13(31(19(17)35)45(39,40)41)5-29-4-10(26-28-29)7-42-8-11-3-14(32)15(33)6-30(11)38/h3-4,6,9,13,17,33,38H,5,7-8H2,1-2H3,(H2,23,24)(H,25,34)(H,36,37)(H,39,40,41)/b27-16-/t13-,17+/m1/s1. The number of β-lactam (4-membered cyclic amide) rings is 1. The molecule has 0 aromatic carbocycles. The number of oxime groups is 1. The second kappa shape index (κ2) is 12.5. The number of nitrogens with zero attached hydrogens (tertiary/aromatic N) is 7. The summed E-state index contributed by atoms with van der Waals surface area (Å²) in [6.45, 7) is 1.44. The number of hydrogen-bond acceptors (Lipinski definition) is 16. The first-order valence-electron chi connectivity index (χ1n) is 12.4. The zero-order chi connectivity index (χ0) is 33.3. The van der Waals surface area contributed by atoms with Gasteiger partial charge in [0, 0.05) is 11.4 Å². The predicted molar refractivity (Wildman–Crippen MR) is 148 cm³/mol. The molecule has 242 valence electrons. The summed E-state index contributed by atoms with van der Waals surface area (Å²) in [4.78, 5) is 57.9. The number of aromatic hydroxyl groups is 1. The molecular formula is C22H25N9O12S2. The van der Waals surface area contributed by atoms with Crippen LogP contribution in [0.5, 0.6) is 5.75 Å². The molecule has 4 heterocycles. The topological polar surface area (TPSA) is 304 Å². The van der Waals surface area contributed by atoms with Gasteiger partial charge in [-0.15, -0.1) is 16.4 Å². The van der Waals surface area contributed by atoms with E-state index in [1.165, 1.54) is 11.6 Å². The molecule has 0 unspecified atom stereocenters. The van der Waals surface area contributed by atoms with Gasteiger partial charge in [0.2, 0.25) is 11.0 Å². The van der Waals surface area contributed by atoms with Crippen molar-refractivity contribution in [2.75, 3.05) is 5.73 Å². The Kier molecular flexibility index (Phi) is 9.08. The van der Waals surface area contributed by atoms with Gasteiger partial charge in [0.1, 0.15) is 17.4 Å². The van der Waals surface area contributed by atoms with Crippen molar-refractivity contribution >= 4 is 50.3 Å². The van der Waals surface area contributed by atoms with Gasteiger partial charge in [-0.3, -0.25) is 18.9 Å². The van der Waals surface area contributed by atoms with E-state index in [1.54, 1.807) is 0 Å². The second-order valence-corrected chi connectivity index (χ2v) is 12.0. The van der Waals surface area contributed by atoms with Crippen molar-refractivity contribution in [1.29, 1.82) is 0 Å². The number of nitrogen functional groups attached to an aromatic ring is 1. The molecule has 2 atom stereocenters. The number of carbonyl (C=O) groups excluding carboxylic acids is 2. The smallest absolute Gasteiger partial charge is 0.362 e. The highest BCUT2D eigenvalue weighted by molar-refractivity contribution is 7.84. The van der Waals surface area contributed by atoms with E-state index in [2.05, 4.69) is 25.8 Å². The Morgan fingerprint density at radius 1 is 1.24 bits per heavy atom. The molecule has 7 N–H and O–H groups in total. The Morgan fingerprint density at radius 2 is 1.96 bits per heavy atom. The number of ether oxygens (including phenoxy) is 1. The number of nitrogens with two attached hydrogens (primary N) is 1. The van der Waals surface area contributed by atoms with E-state index in [-0.39, 0.29) is 39.7 Å². The van der Waals surface area contributed by atoms with Crippen molar-refractivity contribution in [3.8, 4) is 5.75 Å². The Morgan fingerprint density at radius 3 is 2.58 bits per heavy atom. The van der Waals surface area contributed by atoms with Crippen LogP contribution in [0.15, 0.2) is 33.8 Å². The Bertz CT molecular complexity index is 1830. The predicted octanol–water partition coefficient (Wildman–Crippen LogP) is -2.08. The van der Waals surface area contributed by atoms with Gasteiger partial charge in [-0.25, -0.2) is 18.8 Å². The van der Waals surface area contributed by atoms with Crippen LogP contribution in [0.3, 0.4) is 0 Å². The van der Waals surface area contributed by atoms with Crippen LogP contribution < -0.4 is 16.5 Å². The first kappa shape index (κ1) is 32.8. The fourth-order valence-corrected chi connectivity index (χ4v) is 5.18. The lowest BCUT2D eigenvalue weighted by Gasteiger charge is -2.43. The number of pyridine rings is 1. The van der Waals surface area contributed by atoms with Gasteiger partial charge in [-0.2, -0.15) is 13.1 Å². The number of nitrogens with one attached hydrogen (secondary N) is 1. The summed E-state index contributed by atoms with van der Waals surface area (Å²) in [5.74, 6) is -4.39. The van der Waals surface area contributed by atoms with Crippen LogP contribution in [0.2, 0.25) is 0 Å². The Hall–Kier alpha value is -5.13. The van der Waals surface area contributed by atoms with Crippen LogP contribution in [0.1, 0.15) is 30.9 Å². The number of aliphatic carboxylic acids is 1. The molecule has 3 aromatic heterocycles. The third-order valence-corrected chi connectivity index (χ3v) is 7.74. The van der Waals surface area contributed by atoms with Crippen LogP contribution in [-0.4, -0.2) is 98.6 Å². The lowest BCUT2D eigenvalue weighted by molar-refractivity contribution is -0.161. The van der Waals surface area contributed by atoms with E-state index in [4.69, 9.17) is 15.3 Å². The SMILES string of the molecule is CC(C)(O/N=C(\C(=O)N[C@@H]1C(=O)N(S(=O)(=O)O)[C@@H]1Cn1cc(COCc2cc(=O)c(O)cn2O)nn1)c1csc(N)n1)C(=O)O. The minimum Gasteiger partial charge on any atom is -0.503 e. The molecule has 1 aliphatic heterocycles. The average molecular weight is 672 g/mol. The van der Waals surface area contributed by atoms with Crippen molar-refractivity contribution in [2.24, 2.45) is 5.16 Å². The van der Waals surface area contributed by atoms with Gasteiger partial charge in [-0.05, 0) is 13.8 Å². The maximum absolute atomic E-state index is 13.2. The zero-order valence-corrected chi connectivity index (χ0v) is 24.8. The highest BCUT2D eigenvalue weighted by Crippen LogP contribution is 2.26. The first-order valence-corrected chi connectivity index (χ1v) is 14.7. The maximum atomic E-state index is 13.2. The molecule has 45 heavy (non-hydrogen) atoms. The average Bonchev–Trinajstić information content (AvgIpc) is 3.57. The van der Waals surface area contributed by atoms with Crippen LogP contribution in [0.25, 0.3) is 0 Å². The van der Waals surface area contributed by atoms with Crippen LogP contribution >= 0.6 is 11.3 Å². The molecule has 0 radical (unpaired) electrons. The molecule has 2 amide bonds. The van der Waals surface area contributed by atoms with Gasteiger partial charge in [-0.1, -0.05) is 10.4 Å².